The number of hydrogen-bond acceptors (Lipinski definition) is 5. The molecule has 3 rings (SSSR count). The van der Waals surface area contributed by atoms with Crippen molar-refractivity contribution in [1.29, 1.82) is 0 Å². The van der Waals surface area contributed by atoms with Gasteiger partial charge >= 0.3 is 5.97 Å². The quantitative estimate of drug-likeness (QED) is 0.396. The molecule has 5 nitrogen and oxygen atoms in total. The molecule has 0 aliphatic carbocycles. The molecule has 150 valence electrons. The smallest absolute Gasteiger partial charge is 0.340 e. The molecule has 0 saturated carbocycles. The monoisotopic (exact) mass is 483 g/mol. The maximum absolute atomic E-state index is 12.9. The number of rotatable bonds is 7. The number of quaternary nitrogens is 1. The summed E-state index contributed by atoms with van der Waals surface area (Å²) in [7, 11) is 6.00. The minimum Gasteiger partial charge on any atom is -0.506 e. The highest BCUT2D eigenvalue weighted by Crippen LogP contribution is 2.40. The molecule has 0 aliphatic rings. The fourth-order valence-corrected chi connectivity index (χ4v) is 5.59. The van der Waals surface area contributed by atoms with Crippen molar-refractivity contribution in [1.82, 2.24) is 4.57 Å². The Hall–Kier alpha value is -1.48. The van der Waals surface area contributed by atoms with Gasteiger partial charge in [-0.25, -0.2) is 4.79 Å². The number of phenols is 1. The van der Waals surface area contributed by atoms with E-state index in [1.165, 1.54) is 4.90 Å². The zero-order valence-electron chi connectivity index (χ0n) is 16.3. The Morgan fingerprint density at radius 1 is 1.43 bits per heavy atom. The number of carbonyl (C=O) groups excluding carboxylic acids is 1. The van der Waals surface area contributed by atoms with E-state index in [4.69, 9.17) is 4.74 Å². The first-order chi connectivity index (χ1) is 13.3. The molecule has 2 heterocycles. The van der Waals surface area contributed by atoms with Crippen LogP contribution in [0.2, 0.25) is 0 Å². The van der Waals surface area contributed by atoms with Gasteiger partial charge in [-0.3, -0.25) is 0 Å². The van der Waals surface area contributed by atoms with Crippen molar-refractivity contribution < 1.29 is 19.5 Å². The number of ether oxygens (including phenoxy) is 1. The van der Waals surface area contributed by atoms with E-state index in [0.29, 0.717) is 28.9 Å². The predicted octanol–water partition coefficient (Wildman–Crippen LogP) is 3.82. The molecule has 3 aromatic rings. The molecule has 0 saturated heterocycles. The third kappa shape index (κ3) is 4.10. The lowest BCUT2D eigenvalue weighted by Gasteiger charge is -2.13. The number of aromatic hydroxyl groups is 1. The van der Waals surface area contributed by atoms with Crippen molar-refractivity contribution in [3.63, 3.8) is 0 Å². The molecule has 0 unspecified atom stereocenters. The van der Waals surface area contributed by atoms with Crippen LogP contribution in [0.4, 0.5) is 0 Å². The number of hydrogen-bond donors (Lipinski definition) is 2. The van der Waals surface area contributed by atoms with E-state index in [1.807, 2.05) is 44.1 Å². The summed E-state index contributed by atoms with van der Waals surface area (Å²) in [5.41, 5.74) is 3.12. The van der Waals surface area contributed by atoms with Crippen molar-refractivity contribution >= 4 is 55.9 Å². The van der Waals surface area contributed by atoms with Gasteiger partial charge in [0.2, 0.25) is 0 Å². The van der Waals surface area contributed by atoms with Gasteiger partial charge in [0.15, 0.2) is 0 Å². The van der Waals surface area contributed by atoms with Gasteiger partial charge in [0.05, 0.1) is 41.8 Å². The molecule has 8 heteroatoms. The number of thioether (sulfide) groups is 1. The Bertz CT molecular complexity index is 997. The molecule has 28 heavy (non-hydrogen) atoms. The lowest BCUT2D eigenvalue weighted by atomic mass is 10.0. The molecule has 0 amide bonds. The summed E-state index contributed by atoms with van der Waals surface area (Å²) in [6, 6.07) is 3.95. The fourth-order valence-electron chi connectivity index (χ4n) is 3.28. The van der Waals surface area contributed by atoms with Crippen LogP contribution < -0.4 is 4.90 Å². The lowest BCUT2D eigenvalue weighted by Crippen LogP contribution is -3.04. The maximum Gasteiger partial charge on any atom is 0.340 e. The second-order valence-corrected chi connectivity index (χ2v) is 9.50. The van der Waals surface area contributed by atoms with E-state index < -0.39 is 0 Å². The number of carbonyl (C=O) groups is 1. The van der Waals surface area contributed by atoms with Gasteiger partial charge < -0.3 is 19.3 Å². The van der Waals surface area contributed by atoms with Crippen molar-refractivity contribution in [2.45, 2.75) is 24.1 Å². The number of nitrogens with one attached hydrogen (secondary N) is 1. The van der Waals surface area contributed by atoms with Gasteiger partial charge in [-0.15, -0.1) is 11.8 Å². The highest BCUT2D eigenvalue weighted by Gasteiger charge is 2.28. The number of fused-ring (bicyclic) bond motifs is 1. The van der Waals surface area contributed by atoms with E-state index >= 15 is 0 Å². The number of aromatic nitrogens is 1. The lowest BCUT2D eigenvalue weighted by molar-refractivity contribution is -0.872. The van der Waals surface area contributed by atoms with E-state index in [0.717, 1.165) is 27.1 Å². The Kier molecular flexibility index (Phi) is 6.75. The van der Waals surface area contributed by atoms with Crippen LogP contribution in [0.15, 0.2) is 32.3 Å². The van der Waals surface area contributed by atoms with Gasteiger partial charge in [-0.05, 0) is 40.4 Å². The zero-order chi connectivity index (χ0) is 20.4. The molecule has 0 radical (unpaired) electrons. The number of thiophene rings is 1. The first-order valence-electron chi connectivity index (χ1n) is 8.97. The van der Waals surface area contributed by atoms with E-state index in [9.17, 15) is 9.90 Å². The summed E-state index contributed by atoms with van der Waals surface area (Å²) in [5, 5.41) is 15.7. The molecular formula is C20H24BrN2O3S2+. The van der Waals surface area contributed by atoms with Gasteiger partial charge in [-0.1, -0.05) is 0 Å². The summed E-state index contributed by atoms with van der Waals surface area (Å²) in [6.45, 7) is 2.71. The SMILES string of the molecule is CCOC(=O)c1c(CSc2ccsc2)n(C)c2cc(Br)c(O)c(C[NH+](C)C)c12. The number of halogens is 1. The topological polar surface area (TPSA) is 55.9 Å². The summed E-state index contributed by atoms with van der Waals surface area (Å²) < 4.78 is 8.07. The molecule has 0 aliphatic heterocycles. The standard InChI is InChI=1S/C20H23BrN2O3S2/c1-5-26-20(25)18-16(11-28-12-6-7-27-10-12)23(4)15-8-14(21)19(24)13(17(15)18)9-22(2)3/h6-8,10,24H,5,9,11H2,1-4H3/p+1. The molecule has 1 aromatic carbocycles. The first-order valence-corrected chi connectivity index (χ1v) is 11.7. The fraction of sp³-hybridized carbons (Fsp3) is 0.350. The average Bonchev–Trinajstić information content (AvgIpc) is 3.24. The van der Waals surface area contributed by atoms with Crippen molar-refractivity contribution in [2.24, 2.45) is 7.05 Å². The van der Waals surface area contributed by atoms with Crippen LogP contribution >= 0.6 is 39.0 Å². The maximum atomic E-state index is 12.9. The van der Waals surface area contributed by atoms with Crippen LogP contribution in [0.3, 0.4) is 0 Å². The molecule has 0 spiro atoms. The van der Waals surface area contributed by atoms with Crippen LogP contribution in [0, 0.1) is 0 Å². The van der Waals surface area contributed by atoms with E-state index in [2.05, 4.69) is 27.4 Å². The number of nitrogens with zero attached hydrogens (tertiary/aromatic N) is 1. The molecule has 0 atom stereocenters. The van der Waals surface area contributed by atoms with E-state index in [-0.39, 0.29) is 11.7 Å². The predicted molar refractivity (Wildman–Crippen MR) is 119 cm³/mol. The van der Waals surface area contributed by atoms with Gasteiger partial charge in [0, 0.05) is 34.2 Å². The van der Waals surface area contributed by atoms with Crippen LogP contribution in [0.1, 0.15) is 28.5 Å². The van der Waals surface area contributed by atoms with Gasteiger partial charge in [0.25, 0.3) is 0 Å². The molecule has 0 bridgehead atoms. The van der Waals surface area contributed by atoms with Gasteiger partial charge in [-0.2, -0.15) is 11.3 Å². The normalized spacial score (nSPS) is 11.5. The van der Waals surface area contributed by atoms with Crippen LogP contribution in [0.5, 0.6) is 5.75 Å². The zero-order valence-corrected chi connectivity index (χ0v) is 19.6. The Labute approximate surface area is 181 Å². The third-order valence-corrected chi connectivity index (χ3v) is 6.96. The Balaban J connectivity index is 2.24. The Morgan fingerprint density at radius 3 is 2.79 bits per heavy atom. The van der Waals surface area contributed by atoms with Gasteiger partial charge in [0.1, 0.15) is 12.3 Å². The van der Waals surface area contributed by atoms with Crippen LogP contribution in [0.25, 0.3) is 10.9 Å². The third-order valence-electron chi connectivity index (χ3n) is 4.52. The minimum absolute atomic E-state index is 0.182. The van der Waals surface area contributed by atoms with Crippen molar-refractivity contribution in [3.05, 3.63) is 44.2 Å². The van der Waals surface area contributed by atoms with E-state index in [1.54, 1.807) is 23.1 Å². The molecular weight excluding hydrogens is 460 g/mol. The summed E-state index contributed by atoms with van der Waals surface area (Å²) in [4.78, 5) is 15.3. The summed E-state index contributed by atoms with van der Waals surface area (Å²) in [5.74, 6) is 0.482. The van der Waals surface area contributed by atoms with Crippen LogP contribution in [-0.2, 0) is 24.1 Å². The van der Waals surface area contributed by atoms with Crippen molar-refractivity contribution in [3.8, 4) is 5.75 Å². The summed E-state index contributed by atoms with van der Waals surface area (Å²) >= 11 is 6.82. The second kappa shape index (κ2) is 8.90. The average molecular weight is 484 g/mol. The Morgan fingerprint density at radius 2 is 2.18 bits per heavy atom. The number of esters is 1. The minimum atomic E-state index is -0.342. The highest BCUT2D eigenvalue weighted by molar-refractivity contribution is 9.10. The van der Waals surface area contributed by atoms with Crippen LogP contribution in [-0.4, -0.2) is 36.3 Å². The number of benzene rings is 1. The largest absolute Gasteiger partial charge is 0.506 e. The summed E-state index contributed by atoms with van der Waals surface area (Å²) in [6.07, 6.45) is 0. The number of aryl methyl sites for hydroxylation is 1. The number of phenolic OH excluding ortho intramolecular Hbond substituents is 1. The molecule has 2 N–H and O–H groups in total. The molecule has 0 fully saturated rings. The first kappa shape index (κ1) is 21.2. The van der Waals surface area contributed by atoms with Crippen molar-refractivity contribution in [2.75, 3.05) is 20.7 Å². The molecule has 2 aromatic heterocycles. The second-order valence-electron chi connectivity index (χ2n) is 6.81. The highest BCUT2D eigenvalue weighted by atomic mass is 79.9.